The fourth-order valence-electron chi connectivity index (χ4n) is 3.79. The van der Waals surface area contributed by atoms with Crippen LogP contribution in [0.3, 0.4) is 0 Å². The van der Waals surface area contributed by atoms with Crippen LogP contribution in [0.4, 0.5) is 0 Å². The van der Waals surface area contributed by atoms with Crippen LogP contribution < -0.4 is 20.7 Å². The van der Waals surface area contributed by atoms with Gasteiger partial charge in [-0.05, 0) is 54.8 Å². The Labute approximate surface area is 238 Å². The van der Waals surface area contributed by atoms with Gasteiger partial charge in [-0.1, -0.05) is 61.8 Å². The molecule has 1 unspecified atom stereocenters. The summed E-state index contributed by atoms with van der Waals surface area (Å²) >= 11 is 5.93. The summed E-state index contributed by atoms with van der Waals surface area (Å²) in [6, 6.07) is 18.7. The number of carbonyl (C=O) groups is 4. The van der Waals surface area contributed by atoms with Gasteiger partial charge in [-0.25, -0.2) is 0 Å². The fourth-order valence-corrected chi connectivity index (χ4v) is 3.91. The molecule has 0 saturated heterocycles. The smallest absolute Gasteiger partial charge is 0.289 e. The van der Waals surface area contributed by atoms with Crippen molar-refractivity contribution in [3.05, 3.63) is 95.3 Å². The molecule has 3 amide bonds. The number of hydrogen-bond acceptors (Lipinski definition) is 6. The highest BCUT2D eigenvalue weighted by Gasteiger charge is 2.31. The average molecular weight is 565 g/mol. The van der Waals surface area contributed by atoms with E-state index < -0.39 is 41.7 Å². The van der Waals surface area contributed by atoms with Crippen molar-refractivity contribution < 1.29 is 23.9 Å². The summed E-state index contributed by atoms with van der Waals surface area (Å²) in [5.74, 6) is -2.51. The van der Waals surface area contributed by atoms with Gasteiger partial charge in [0.25, 0.3) is 11.8 Å². The monoisotopic (exact) mass is 564 g/mol. The van der Waals surface area contributed by atoms with E-state index in [9.17, 15) is 19.2 Å². The summed E-state index contributed by atoms with van der Waals surface area (Å²) in [5, 5.41) is 8.39. The molecule has 1 heterocycles. The summed E-state index contributed by atoms with van der Waals surface area (Å²) < 4.78 is 5.85. The lowest BCUT2D eigenvalue weighted by atomic mass is 10.0. The van der Waals surface area contributed by atoms with Crippen molar-refractivity contribution in [3.8, 4) is 5.75 Å². The number of ketones is 1. The molecule has 3 rings (SSSR count). The highest BCUT2D eigenvalue weighted by Crippen LogP contribution is 2.19. The summed E-state index contributed by atoms with van der Waals surface area (Å²) in [7, 11) is 0. The molecule has 3 atom stereocenters. The van der Waals surface area contributed by atoms with E-state index in [4.69, 9.17) is 16.3 Å². The number of halogens is 1. The van der Waals surface area contributed by atoms with E-state index in [0.29, 0.717) is 16.5 Å². The topological polar surface area (TPSA) is 126 Å². The minimum absolute atomic E-state index is 0.0636. The Hall–Kier alpha value is -4.24. The predicted octanol–water partition coefficient (Wildman–Crippen LogP) is 3.26. The minimum atomic E-state index is -1.15. The average Bonchev–Trinajstić information content (AvgIpc) is 2.95. The van der Waals surface area contributed by atoms with E-state index in [0.717, 1.165) is 5.56 Å². The van der Waals surface area contributed by atoms with Gasteiger partial charge in [0.2, 0.25) is 11.7 Å². The standard InChI is InChI=1S/C30H33ClN4O5/c1-19(2)27(40-24-14-12-22(31)13-15-24)30(39)34-20(3)28(37)35-25(17-21-9-5-4-6-10-21)26(36)29(38)33-18-23-11-7-8-16-32-23/h4-16,19-20,25,27H,17-18H2,1-3H3,(H,33,38)(H,34,39)(H,35,37)/t20-,25-,27?/m1/s1. The molecule has 40 heavy (non-hydrogen) atoms. The van der Waals surface area contributed by atoms with Gasteiger partial charge in [0, 0.05) is 17.6 Å². The number of carbonyl (C=O) groups excluding carboxylic acids is 4. The molecular weight excluding hydrogens is 532 g/mol. The maximum atomic E-state index is 13.1. The van der Waals surface area contributed by atoms with Gasteiger partial charge in [0.05, 0.1) is 12.2 Å². The summed E-state index contributed by atoms with van der Waals surface area (Å²) in [6.45, 7) is 5.21. The van der Waals surface area contributed by atoms with Crippen LogP contribution in [-0.2, 0) is 32.1 Å². The normalized spacial score (nSPS) is 13.0. The molecule has 0 saturated carbocycles. The lowest BCUT2D eigenvalue weighted by Gasteiger charge is -2.25. The first kappa shape index (κ1) is 30.3. The number of nitrogens with one attached hydrogen (secondary N) is 3. The maximum Gasteiger partial charge on any atom is 0.289 e. The van der Waals surface area contributed by atoms with Crippen LogP contribution in [0.15, 0.2) is 79.0 Å². The zero-order chi connectivity index (χ0) is 29.1. The minimum Gasteiger partial charge on any atom is -0.480 e. The summed E-state index contributed by atoms with van der Waals surface area (Å²) in [6.07, 6.45) is 0.801. The van der Waals surface area contributed by atoms with Gasteiger partial charge < -0.3 is 20.7 Å². The Balaban J connectivity index is 1.66. The molecule has 0 fully saturated rings. The first-order valence-corrected chi connectivity index (χ1v) is 13.3. The Morgan fingerprint density at radius 3 is 2.15 bits per heavy atom. The molecule has 3 aromatic rings. The Kier molecular flexibility index (Phi) is 11.2. The van der Waals surface area contributed by atoms with E-state index in [1.807, 2.05) is 19.9 Å². The van der Waals surface area contributed by atoms with E-state index in [-0.39, 0.29) is 18.9 Å². The second-order valence-corrected chi connectivity index (χ2v) is 10.0. The third kappa shape index (κ3) is 9.20. The lowest BCUT2D eigenvalue weighted by molar-refractivity contribution is -0.140. The second-order valence-electron chi connectivity index (χ2n) is 9.59. The van der Waals surface area contributed by atoms with Crippen molar-refractivity contribution >= 4 is 35.1 Å². The van der Waals surface area contributed by atoms with E-state index >= 15 is 0 Å². The third-order valence-corrected chi connectivity index (χ3v) is 6.24. The number of ether oxygens (including phenoxy) is 1. The van der Waals surface area contributed by atoms with Crippen molar-refractivity contribution in [2.45, 2.75) is 51.9 Å². The number of aromatic nitrogens is 1. The molecule has 0 radical (unpaired) electrons. The van der Waals surface area contributed by atoms with Gasteiger partial charge in [0.1, 0.15) is 17.8 Å². The van der Waals surface area contributed by atoms with Crippen LogP contribution in [0.5, 0.6) is 5.75 Å². The van der Waals surface area contributed by atoms with Crippen LogP contribution >= 0.6 is 11.6 Å². The number of nitrogens with zero attached hydrogens (tertiary/aromatic N) is 1. The fraction of sp³-hybridized carbons (Fsp3) is 0.300. The maximum absolute atomic E-state index is 13.1. The third-order valence-electron chi connectivity index (χ3n) is 5.99. The highest BCUT2D eigenvalue weighted by molar-refractivity contribution is 6.38. The number of rotatable bonds is 13. The van der Waals surface area contributed by atoms with Crippen LogP contribution in [0.2, 0.25) is 5.02 Å². The number of benzene rings is 2. The Bertz CT molecular complexity index is 1290. The second kappa shape index (κ2) is 14.8. The van der Waals surface area contributed by atoms with Gasteiger partial charge in [-0.2, -0.15) is 0 Å². The predicted molar refractivity (Wildman–Crippen MR) is 151 cm³/mol. The first-order chi connectivity index (χ1) is 19.1. The van der Waals surface area contributed by atoms with Crippen LogP contribution in [0.25, 0.3) is 0 Å². The molecule has 1 aromatic heterocycles. The summed E-state index contributed by atoms with van der Waals surface area (Å²) in [5.41, 5.74) is 1.34. The number of pyridine rings is 1. The molecule has 3 N–H and O–H groups in total. The number of amides is 3. The van der Waals surface area contributed by atoms with E-state index in [2.05, 4.69) is 20.9 Å². The molecule has 0 bridgehead atoms. The lowest BCUT2D eigenvalue weighted by Crippen LogP contribution is -2.55. The summed E-state index contributed by atoms with van der Waals surface area (Å²) in [4.78, 5) is 56.1. The Morgan fingerprint density at radius 1 is 0.850 bits per heavy atom. The van der Waals surface area contributed by atoms with Gasteiger partial charge in [0.15, 0.2) is 6.10 Å². The zero-order valence-electron chi connectivity index (χ0n) is 22.6. The van der Waals surface area contributed by atoms with Gasteiger partial charge >= 0.3 is 0 Å². The van der Waals surface area contributed by atoms with Crippen LogP contribution in [-0.4, -0.2) is 46.7 Å². The number of Topliss-reactive ketones (excluding diaryl/α,β-unsaturated/α-hetero) is 1. The van der Waals surface area contributed by atoms with Crippen molar-refractivity contribution in [3.63, 3.8) is 0 Å². The SMILES string of the molecule is CC(C)C(Oc1ccc(Cl)cc1)C(=O)N[C@H](C)C(=O)N[C@H](Cc1ccccc1)C(=O)C(=O)NCc1ccccn1. The largest absolute Gasteiger partial charge is 0.480 e. The van der Waals surface area contributed by atoms with Crippen LogP contribution in [0, 0.1) is 5.92 Å². The molecule has 210 valence electrons. The van der Waals surface area contributed by atoms with E-state index in [1.54, 1.807) is 72.9 Å². The molecule has 10 heteroatoms. The van der Waals surface area contributed by atoms with Crippen LogP contribution in [0.1, 0.15) is 32.0 Å². The van der Waals surface area contributed by atoms with Crippen molar-refractivity contribution in [1.82, 2.24) is 20.9 Å². The zero-order valence-corrected chi connectivity index (χ0v) is 23.4. The van der Waals surface area contributed by atoms with Crippen molar-refractivity contribution in [2.24, 2.45) is 5.92 Å². The molecule has 2 aromatic carbocycles. The number of hydrogen-bond donors (Lipinski definition) is 3. The molecule has 0 aliphatic carbocycles. The van der Waals surface area contributed by atoms with E-state index in [1.165, 1.54) is 6.92 Å². The molecule has 0 aliphatic rings. The molecule has 9 nitrogen and oxygen atoms in total. The molecule has 0 aliphatic heterocycles. The quantitative estimate of drug-likeness (QED) is 0.274. The van der Waals surface area contributed by atoms with Gasteiger partial charge in [-0.3, -0.25) is 24.2 Å². The molecule has 0 spiro atoms. The first-order valence-electron chi connectivity index (χ1n) is 12.9. The van der Waals surface area contributed by atoms with Gasteiger partial charge in [-0.15, -0.1) is 0 Å². The highest BCUT2D eigenvalue weighted by atomic mass is 35.5. The van der Waals surface area contributed by atoms with Crippen molar-refractivity contribution in [2.75, 3.05) is 0 Å². The molecular formula is C30H33ClN4O5. The Morgan fingerprint density at radius 2 is 1.52 bits per heavy atom. The van der Waals surface area contributed by atoms with Crippen molar-refractivity contribution in [1.29, 1.82) is 0 Å².